The average Bonchev–Trinajstić information content (AvgIpc) is 3.59. The van der Waals surface area contributed by atoms with Crippen molar-refractivity contribution < 1.29 is 0 Å². The van der Waals surface area contributed by atoms with Crippen LogP contribution >= 0.6 is 0 Å². The highest BCUT2D eigenvalue weighted by atomic mass is 15.2. The third-order valence-electron chi connectivity index (χ3n) is 10.4. The summed E-state index contributed by atoms with van der Waals surface area (Å²) in [6.07, 6.45) is 17.3. The molecule has 0 saturated heterocycles. The molecule has 2 unspecified atom stereocenters. The van der Waals surface area contributed by atoms with Gasteiger partial charge in [-0.05, 0) is 84.0 Å². The van der Waals surface area contributed by atoms with Crippen LogP contribution < -0.4 is 4.90 Å². The predicted molar refractivity (Wildman–Crippen MR) is 207 cm³/mol. The molecule has 1 aromatic heterocycles. The van der Waals surface area contributed by atoms with Crippen LogP contribution in [0.4, 0.5) is 5.69 Å². The molecule has 3 aliphatic rings. The molecular weight excluding hydrogens is 609 g/mol. The van der Waals surface area contributed by atoms with Crippen molar-refractivity contribution in [2.45, 2.75) is 38.1 Å². The van der Waals surface area contributed by atoms with Gasteiger partial charge in [0.15, 0.2) is 0 Å². The number of anilines is 1. The first-order valence-electron chi connectivity index (χ1n) is 17.2. The highest BCUT2D eigenvalue weighted by molar-refractivity contribution is 6.10. The number of nitrogens with zero attached hydrogens (tertiary/aromatic N) is 4. The van der Waals surface area contributed by atoms with Gasteiger partial charge >= 0.3 is 0 Å². The van der Waals surface area contributed by atoms with Gasteiger partial charge in [0, 0.05) is 46.2 Å². The zero-order valence-corrected chi connectivity index (χ0v) is 28.1. The molecule has 50 heavy (non-hydrogen) atoms. The van der Waals surface area contributed by atoms with Gasteiger partial charge in [-0.25, -0.2) is 0 Å². The first-order chi connectivity index (χ1) is 24.6. The fourth-order valence-electron chi connectivity index (χ4n) is 8.03. The third-order valence-corrected chi connectivity index (χ3v) is 10.4. The summed E-state index contributed by atoms with van der Waals surface area (Å²) in [4.78, 5) is 2.44. The number of nitriles is 2. The minimum atomic E-state index is 0.258. The normalized spacial score (nSPS) is 19.0. The van der Waals surface area contributed by atoms with Gasteiger partial charge in [-0.15, -0.1) is 0 Å². The van der Waals surface area contributed by atoms with Crippen LogP contribution in [0.2, 0.25) is 0 Å². The summed E-state index contributed by atoms with van der Waals surface area (Å²) >= 11 is 0. The molecule has 5 aromatic rings. The van der Waals surface area contributed by atoms with Gasteiger partial charge in [0.1, 0.15) is 0 Å². The highest BCUT2D eigenvalue weighted by Gasteiger charge is 2.39. The molecule has 4 nitrogen and oxygen atoms in total. The topological polar surface area (TPSA) is 55.8 Å². The van der Waals surface area contributed by atoms with Gasteiger partial charge in [-0.2, -0.15) is 10.5 Å². The zero-order chi connectivity index (χ0) is 34.2. The van der Waals surface area contributed by atoms with E-state index in [0.29, 0.717) is 23.5 Å². The van der Waals surface area contributed by atoms with E-state index >= 15 is 0 Å². The summed E-state index contributed by atoms with van der Waals surface area (Å²) in [7, 11) is 0. The lowest BCUT2D eigenvalue weighted by Crippen LogP contribution is -2.34. The molecule has 2 heterocycles. The fourth-order valence-corrected chi connectivity index (χ4v) is 8.03. The van der Waals surface area contributed by atoms with Crippen molar-refractivity contribution in [1.82, 2.24) is 4.57 Å². The Hall–Kier alpha value is -6.36. The van der Waals surface area contributed by atoms with Crippen LogP contribution in [0.5, 0.6) is 0 Å². The molecule has 0 fully saturated rings. The van der Waals surface area contributed by atoms with Crippen LogP contribution in [0, 0.1) is 22.7 Å². The highest BCUT2D eigenvalue weighted by Crippen LogP contribution is 2.48. The maximum atomic E-state index is 10.6. The maximum absolute atomic E-state index is 10.6. The van der Waals surface area contributed by atoms with Crippen LogP contribution in [-0.2, 0) is 0 Å². The lowest BCUT2D eigenvalue weighted by atomic mass is 9.87. The number of hydrogen-bond acceptors (Lipinski definition) is 3. The van der Waals surface area contributed by atoms with Gasteiger partial charge in [-0.3, -0.25) is 0 Å². The molecule has 240 valence electrons. The van der Waals surface area contributed by atoms with Gasteiger partial charge in [-0.1, -0.05) is 110 Å². The lowest BCUT2D eigenvalue weighted by Gasteiger charge is -2.33. The number of hydrogen-bond donors (Lipinski definition) is 0. The average molecular weight is 645 g/mol. The number of fused-ring (bicyclic) bond motifs is 6. The van der Waals surface area contributed by atoms with Crippen molar-refractivity contribution in [3.05, 3.63) is 180 Å². The van der Waals surface area contributed by atoms with Crippen molar-refractivity contribution >= 4 is 44.3 Å². The molecule has 2 atom stereocenters. The summed E-state index contributed by atoms with van der Waals surface area (Å²) in [6, 6.07) is 39.2. The smallest absolute Gasteiger partial charge is 0.0998 e. The molecule has 2 aliphatic carbocycles. The second kappa shape index (κ2) is 12.9. The van der Waals surface area contributed by atoms with Gasteiger partial charge in [0.05, 0.1) is 34.3 Å². The van der Waals surface area contributed by atoms with E-state index in [1.54, 1.807) is 6.08 Å². The molecule has 1 aliphatic heterocycles. The predicted octanol–water partition coefficient (Wildman–Crippen LogP) is 11.3. The molecule has 0 spiro atoms. The van der Waals surface area contributed by atoms with E-state index in [9.17, 15) is 10.5 Å². The van der Waals surface area contributed by atoms with E-state index in [2.05, 4.69) is 163 Å². The van der Waals surface area contributed by atoms with E-state index in [4.69, 9.17) is 0 Å². The van der Waals surface area contributed by atoms with E-state index in [0.717, 1.165) is 57.5 Å². The maximum Gasteiger partial charge on any atom is 0.0998 e. The Morgan fingerprint density at radius 1 is 0.880 bits per heavy atom. The third kappa shape index (κ3) is 5.14. The number of para-hydroxylation sites is 3. The van der Waals surface area contributed by atoms with E-state index < -0.39 is 0 Å². The number of allylic oxidation sites excluding steroid dienone is 11. The zero-order valence-electron chi connectivity index (χ0n) is 28.1. The minimum absolute atomic E-state index is 0.258. The molecule has 0 saturated carbocycles. The van der Waals surface area contributed by atoms with Crippen molar-refractivity contribution in [2.75, 3.05) is 4.90 Å². The number of rotatable bonds is 6. The van der Waals surface area contributed by atoms with Crippen LogP contribution in [0.15, 0.2) is 163 Å². The summed E-state index contributed by atoms with van der Waals surface area (Å²) in [5, 5.41) is 23.0. The largest absolute Gasteiger partial charge is 0.337 e. The van der Waals surface area contributed by atoms with E-state index in [1.807, 2.05) is 6.08 Å². The standard InChI is InChI=1S/C46H36N4/c1-3-32(29-47)26-46(50-44-24-10-6-19-40(44)41-20-7-11-25-45(41)50)31(2)33-14-12-15-34(27-33)37-21-13-16-36(28-35(37)30-48)49-42-22-8-4-17-38(42)39-18-5-9-23-43(39)49/h3-10,12-15,17-24,26-28,41,45H,1,11,16,25H2,2H3/b32-26+,46-31-. The van der Waals surface area contributed by atoms with Gasteiger partial charge in [0.2, 0.25) is 0 Å². The number of aromatic nitrogens is 1. The Bertz CT molecular complexity index is 2430. The van der Waals surface area contributed by atoms with E-state index in [1.165, 1.54) is 22.0 Å². The van der Waals surface area contributed by atoms with Crippen molar-refractivity contribution in [3.63, 3.8) is 0 Å². The molecule has 0 N–H and O–H groups in total. The summed E-state index contributed by atoms with van der Waals surface area (Å²) < 4.78 is 2.30. The lowest BCUT2D eigenvalue weighted by molar-refractivity contribution is 0.557. The molecule has 8 rings (SSSR count). The second-order valence-electron chi connectivity index (χ2n) is 13.1. The molecule has 0 radical (unpaired) electrons. The quantitative estimate of drug-likeness (QED) is 0.105. The Morgan fingerprint density at radius 3 is 2.36 bits per heavy atom. The van der Waals surface area contributed by atoms with Crippen LogP contribution in [-0.4, -0.2) is 10.6 Å². The molecular formula is C46H36N4. The Balaban J connectivity index is 1.27. The van der Waals surface area contributed by atoms with Gasteiger partial charge in [0.25, 0.3) is 0 Å². The van der Waals surface area contributed by atoms with Crippen LogP contribution in [0.3, 0.4) is 0 Å². The Morgan fingerprint density at radius 2 is 1.62 bits per heavy atom. The SMILES string of the molecule is C=C/C(C#N)=C\C(=C(/C)c1cccc(C2=C(C#N)C=C(n3c4ccccc4c4ccccc43)CC=C2)c1)N1c2ccccc2C2C=CCCC21. The van der Waals surface area contributed by atoms with Crippen molar-refractivity contribution in [2.24, 2.45) is 0 Å². The fraction of sp³-hybridized carbons (Fsp3) is 0.130. The summed E-state index contributed by atoms with van der Waals surface area (Å²) in [5.41, 5.74) is 11.9. The summed E-state index contributed by atoms with van der Waals surface area (Å²) in [5.74, 6) is 0.298. The van der Waals surface area contributed by atoms with Crippen molar-refractivity contribution in [3.8, 4) is 12.1 Å². The van der Waals surface area contributed by atoms with Crippen LogP contribution in [0.1, 0.15) is 48.8 Å². The summed E-state index contributed by atoms with van der Waals surface area (Å²) in [6.45, 7) is 6.07. The van der Waals surface area contributed by atoms with Gasteiger partial charge < -0.3 is 9.47 Å². The van der Waals surface area contributed by atoms with E-state index in [-0.39, 0.29) is 6.04 Å². The van der Waals surface area contributed by atoms with Crippen molar-refractivity contribution in [1.29, 1.82) is 10.5 Å². The molecule has 4 aromatic carbocycles. The Labute approximate surface area is 293 Å². The molecule has 0 amide bonds. The second-order valence-corrected chi connectivity index (χ2v) is 13.1. The minimum Gasteiger partial charge on any atom is -0.337 e. The first kappa shape index (κ1) is 30.9. The number of benzene rings is 4. The Kier molecular flexibility index (Phi) is 8.00. The first-order valence-corrected chi connectivity index (χ1v) is 17.2. The monoisotopic (exact) mass is 644 g/mol. The van der Waals surface area contributed by atoms with Crippen LogP contribution in [0.25, 0.3) is 38.6 Å². The molecule has 4 heteroatoms. The molecule has 0 bridgehead atoms.